The van der Waals surface area contributed by atoms with Gasteiger partial charge in [0, 0.05) is 31.1 Å². The smallest absolute Gasteiger partial charge is 0.475 e. The molecule has 3 heterocycles. The molecular formula is C26H20F6N6O5. The van der Waals surface area contributed by atoms with Crippen LogP contribution in [0.5, 0.6) is 0 Å². The third-order valence-electron chi connectivity index (χ3n) is 5.06. The fourth-order valence-electron chi connectivity index (χ4n) is 3.25. The van der Waals surface area contributed by atoms with E-state index in [0.717, 1.165) is 22.2 Å². The lowest BCUT2D eigenvalue weighted by Gasteiger charge is -2.15. The minimum atomic E-state index is -5.08. The molecule has 0 aliphatic heterocycles. The summed E-state index contributed by atoms with van der Waals surface area (Å²) in [6, 6.07) is 14.9. The molecule has 0 unspecified atom stereocenters. The van der Waals surface area contributed by atoms with Crippen LogP contribution in [0.1, 0.15) is 29.9 Å². The van der Waals surface area contributed by atoms with Crippen LogP contribution in [0.2, 0.25) is 0 Å². The van der Waals surface area contributed by atoms with Gasteiger partial charge in [-0.3, -0.25) is 9.78 Å². The number of nitrogens with zero attached hydrogens (tertiary/aromatic N) is 4. The molecule has 0 spiro atoms. The molecule has 3 aromatic heterocycles. The number of aromatic amines is 1. The third kappa shape index (κ3) is 10.8. The number of fused-ring (bicyclic) bond motifs is 1. The van der Waals surface area contributed by atoms with E-state index in [-0.39, 0.29) is 11.9 Å². The number of amides is 1. The van der Waals surface area contributed by atoms with Gasteiger partial charge in [-0.1, -0.05) is 12.1 Å². The summed E-state index contributed by atoms with van der Waals surface area (Å²) in [5.41, 5.74) is 4.85. The summed E-state index contributed by atoms with van der Waals surface area (Å²) in [5, 5.41) is 26.3. The van der Waals surface area contributed by atoms with Crippen LogP contribution in [-0.2, 0) is 20.8 Å². The van der Waals surface area contributed by atoms with Gasteiger partial charge in [-0.05, 0) is 47.9 Å². The number of benzene rings is 1. The van der Waals surface area contributed by atoms with Crippen LogP contribution >= 0.6 is 0 Å². The first-order valence-corrected chi connectivity index (χ1v) is 11.6. The largest absolute Gasteiger partial charge is 0.490 e. The van der Waals surface area contributed by atoms with E-state index in [1.165, 1.54) is 6.92 Å². The number of hydrogen-bond donors (Lipinski definition) is 4. The lowest BCUT2D eigenvalue weighted by molar-refractivity contribution is -0.193. The van der Waals surface area contributed by atoms with Gasteiger partial charge in [0.1, 0.15) is 5.82 Å². The topological polar surface area (TPSA) is 182 Å². The Morgan fingerprint density at radius 1 is 0.977 bits per heavy atom. The van der Waals surface area contributed by atoms with Gasteiger partial charge in [0.2, 0.25) is 5.91 Å². The highest BCUT2D eigenvalue weighted by Crippen LogP contribution is 2.24. The summed E-state index contributed by atoms with van der Waals surface area (Å²) in [5.74, 6) is -5.05. The maximum atomic E-state index is 11.8. The minimum Gasteiger partial charge on any atom is -0.475 e. The number of H-pyrrole nitrogens is 1. The number of pyridine rings is 2. The number of nitriles is 1. The van der Waals surface area contributed by atoms with Crippen molar-refractivity contribution < 1.29 is 50.9 Å². The fraction of sp³-hybridized carbons (Fsp3) is 0.192. The zero-order valence-corrected chi connectivity index (χ0v) is 21.7. The van der Waals surface area contributed by atoms with Crippen LogP contribution in [0.15, 0.2) is 61.1 Å². The Morgan fingerprint density at radius 3 is 2.07 bits per heavy atom. The number of aliphatic carboxylic acids is 2. The van der Waals surface area contributed by atoms with Crippen molar-refractivity contribution in [1.29, 1.82) is 5.26 Å². The number of nitrogens with one attached hydrogen (secondary N) is 2. The van der Waals surface area contributed by atoms with E-state index < -0.39 is 24.3 Å². The number of alkyl halides is 6. The van der Waals surface area contributed by atoms with Crippen molar-refractivity contribution in [3.05, 3.63) is 78.0 Å². The Morgan fingerprint density at radius 2 is 1.56 bits per heavy atom. The van der Waals surface area contributed by atoms with Crippen molar-refractivity contribution in [3.8, 4) is 17.2 Å². The molecule has 0 radical (unpaired) electrons. The highest BCUT2D eigenvalue weighted by Gasteiger charge is 2.38. The van der Waals surface area contributed by atoms with Gasteiger partial charge in [0.05, 0.1) is 23.2 Å². The van der Waals surface area contributed by atoms with Crippen molar-refractivity contribution >= 4 is 29.0 Å². The van der Waals surface area contributed by atoms with E-state index in [1.807, 2.05) is 36.4 Å². The number of carboxylic acids is 2. The number of rotatable bonds is 5. The quantitative estimate of drug-likeness (QED) is 0.235. The first-order chi connectivity index (χ1) is 20.0. The summed E-state index contributed by atoms with van der Waals surface area (Å²) < 4.78 is 63.5. The Hall–Kier alpha value is -5.53. The molecule has 43 heavy (non-hydrogen) atoms. The van der Waals surface area contributed by atoms with E-state index in [9.17, 15) is 31.1 Å². The standard InChI is InChI=1S/C22H18N6O.2C2HF3O2/c1-14(29)26-19(10-15-3-2-4-16(9-15)12-23)22-27-20-11-18(13-25-21(20)28-22)17-5-7-24-8-6-17;2*3-2(4,5)1(6)7/h2-9,11,13,19H,10H2,1H3,(H,26,29)(H,25,27,28);2*(H,6,7)/t19-;;/m0../s1. The average Bonchev–Trinajstić information content (AvgIpc) is 3.36. The molecule has 0 aliphatic carbocycles. The first kappa shape index (κ1) is 33.7. The molecule has 4 N–H and O–H groups in total. The monoisotopic (exact) mass is 610 g/mol. The lowest BCUT2D eigenvalue weighted by atomic mass is 10.0. The van der Waals surface area contributed by atoms with Crippen LogP contribution in [-0.4, -0.2) is 60.3 Å². The highest BCUT2D eigenvalue weighted by molar-refractivity contribution is 5.78. The Kier molecular flexibility index (Phi) is 11.3. The van der Waals surface area contributed by atoms with Crippen molar-refractivity contribution in [2.45, 2.75) is 31.7 Å². The van der Waals surface area contributed by atoms with Crippen molar-refractivity contribution in [3.63, 3.8) is 0 Å². The van der Waals surface area contributed by atoms with Crippen LogP contribution in [0.4, 0.5) is 26.3 Å². The molecule has 4 rings (SSSR count). The average molecular weight is 610 g/mol. The molecule has 17 heteroatoms. The highest BCUT2D eigenvalue weighted by atomic mass is 19.4. The van der Waals surface area contributed by atoms with E-state index in [2.05, 4.69) is 31.3 Å². The summed E-state index contributed by atoms with van der Waals surface area (Å²) in [4.78, 5) is 45.9. The minimum absolute atomic E-state index is 0.155. The molecular weight excluding hydrogens is 590 g/mol. The van der Waals surface area contributed by atoms with Gasteiger partial charge in [-0.2, -0.15) is 31.6 Å². The second-order valence-electron chi connectivity index (χ2n) is 8.33. The second kappa shape index (κ2) is 14.4. The molecule has 0 saturated carbocycles. The van der Waals surface area contributed by atoms with Crippen molar-refractivity contribution in [2.75, 3.05) is 0 Å². The lowest BCUT2D eigenvalue weighted by Crippen LogP contribution is -2.28. The summed E-state index contributed by atoms with van der Waals surface area (Å²) in [6.45, 7) is 1.47. The Labute approximate surface area is 237 Å². The molecule has 1 atom stereocenters. The Bertz CT molecular complexity index is 1590. The van der Waals surface area contributed by atoms with Crippen LogP contribution in [0.25, 0.3) is 22.3 Å². The summed E-state index contributed by atoms with van der Waals surface area (Å²) in [7, 11) is 0. The number of hydrogen-bond acceptors (Lipinski definition) is 7. The van der Waals surface area contributed by atoms with E-state index in [4.69, 9.17) is 25.1 Å². The number of carbonyl (C=O) groups is 3. The van der Waals surface area contributed by atoms with Gasteiger partial charge in [-0.15, -0.1) is 0 Å². The molecule has 0 saturated heterocycles. The number of halogens is 6. The normalized spacial score (nSPS) is 11.6. The molecule has 4 aromatic rings. The van der Waals surface area contributed by atoms with Gasteiger partial charge in [0.25, 0.3) is 0 Å². The number of carbonyl (C=O) groups excluding carboxylic acids is 1. The molecule has 0 bridgehead atoms. The molecule has 0 aliphatic rings. The maximum absolute atomic E-state index is 11.8. The van der Waals surface area contributed by atoms with Crippen molar-refractivity contribution in [2.24, 2.45) is 0 Å². The van der Waals surface area contributed by atoms with Gasteiger partial charge >= 0.3 is 24.3 Å². The number of imidazole rings is 1. The van der Waals surface area contributed by atoms with Gasteiger partial charge < -0.3 is 20.5 Å². The van der Waals surface area contributed by atoms with Gasteiger partial charge in [-0.25, -0.2) is 19.6 Å². The van der Waals surface area contributed by atoms with Crippen molar-refractivity contribution in [1.82, 2.24) is 25.3 Å². The predicted molar refractivity (Wildman–Crippen MR) is 136 cm³/mol. The fourth-order valence-corrected chi connectivity index (χ4v) is 3.25. The third-order valence-corrected chi connectivity index (χ3v) is 5.06. The first-order valence-electron chi connectivity index (χ1n) is 11.6. The van der Waals surface area contributed by atoms with Gasteiger partial charge in [0.15, 0.2) is 5.65 Å². The molecule has 226 valence electrons. The predicted octanol–water partition coefficient (Wildman–Crippen LogP) is 4.58. The van der Waals surface area contributed by atoms with Crippen LogP contribution in [0.3, 0.4) is 0 Å². The van der Waals surface area contributed by atoms with E-state index in [0.29, 0.717) is 23.5 Å². The molecule has 1 aromatic carbocycles. The van der Waals surface area contributed by atoms with Crippen LogP contribution < -0.4 is 5.32 Å². The zero-order chi connectivity index (χ0) is 32.4. The Balaban J connectivity index is 0.000000384. The number of carboxylic acid groups (broad SMARTS) is 2. The molecule has 11 nitrogen and oxygen atoms in total. The zero-order valence-electron chi connectivity index (χ0n) is 21.7. The van der Waals surface area contributed by atoms with E-state index in [1.54, 1.807) is 24.7 Å². The summed E-state index contributed by atoms with van der Waals surface area (Å²) in [6.07, 6.45) is -4.42. The van der Waals surface area contributed by atoms with E-state index >= 15 is 0 Å². The maximum Gasteiger partial charge on any atom is 0.490 e. The number of aromatic nitrogens is 4. The molecule has 1 amide bonds. The summed E-state index contributed by atoms with van der Waals surface area (Å²) >= 11 is 0. The second-order valence-corrected chi connectivity index (χ2v) is 8.33. The van der Waals surface area contributed by atoms with Crippen LogP contribution in [0, 0.1) is 11.3 Å². The SMILES string of the molecule is CC(=O)N[C@@H](Cc1cccc(C#N)c1)c1nc2ncc(-c3ccncc3)cc2[nH]1.O=C(O)C(F)(F)F.O=C(O)C(F)(F)F. The molecule has 0 fully saturated rings.